The fraction of sp³-hybridized carbons (Fsp3) is 0.600. The lowest BCUT2D eigenvalue weighted by atomic mass is 9.76. The van der Waals surface area contributed by atoms with Gasteiger partial charge in [0.2, 0.25) is 5.91 Å². The van der Waals surface area contributed by atoms with E-state index in [0.717, 1.165) is 32.2 Å². The van der Waals surface area contributed by atoms with E-state index < -0.39 is 0 Å². The lowest BCUT2D eigenvalue weighted by Gasteiger charge is -2.56. The highest BCUT2D eigenvalue weighted by Gasteiger charge is 2.49. The predicted molar refractivity (Wildman–Crippen MR) is 98.3 cm³/mol. The molecule has 142 valence electrons. The summed E-state index contributed by atoms with van der Waals surface area (Å²) >= 11 is 0. The molecule has 0 unspecified atom stereocenters. The molecule has 0 saturated carbocycles. The summed E-state index contributed by atoms with van der Waals surface area (Å²) in [5.74, 6) is 1.24. The fourth-order valence-corrected chi connectivity index (χ4v) is 4.49. The van der Waals surface area contributed by atoms with Crippen molar-refractivity contribution < 1.29 is 19.1 Å². The number of amides is 2. The standard InChI is InChI=1S/C20H28N2O4/c1-15(23)21-12-7-11-20(2)18(21)10-6-13-22(20)19(24)14-26-17-9-5-4-8-16(17)25-3/h4-5,8-9,18H,6-7,10-14H2,1-3H3/t18-,20-/m0/s1. The Balaban J connectivity index is 1.73. The number of para-hydroxylation sites is 2. The van der Waals surface area contributed by atoms with Crippen LogP contribution in [0.15, 0.2) is 24.3 Å². The molecule has 2 heterocycles. The molecule has 0 spiro atoms. The topological polar surface area (TPSA) is 59.1 Å². The number of methoxy groups -OCH3 is 1. The van der Waals surface area contributed by atoms with Crippen molar-refractivity contribution in [1.82, 2.24) is 9.80 Å². The van der Waals surface area contributed by atoms with Crippen molar-refractivity contribution in [1.29, 1.82) is 0 Å². The van der Waals surface area contributed by atoms with Crippen LogP contribution in [-0.2, 0) is 9.59 Å². The van der Waals surface area contributed by atoms with Crippen LogP contribution in [0.3, 0.4) is 0 Å². The Morgan fingerprint density at radius 1 is 1.19 bits per heavy atom. The average Bonchev–Trinajstić information content (AvgIpc) is 2.64. The Labute approximate surface area is 155 Å². The first kappa shape index (κ1) is 18.5. The maximum Gasteiger partial charge on any atom is 0.261 e. The highest BCUT2D eigenvalue weighted by Crippen LogP contribution is 2.39. The van der Waals surface area contributed by atoms with Crippen LogP contribution in [0.2, 0.25) is 0 Å². The average molecular weight is 360 g/mol. The highest BCUT2D eigenvalue weighted by atomic mass is 16.5. The number of hydrogen-bond acceptors (Lipinski definition) is 4. The number of hydrogen-bond donors (Lipinski definition) is 0. The normalized spacial score (nSPS) is 25.4. The second-order valence-corrected chi connectivity index (χ2v) is 7.32. The first-order valence-electron chi connectivity index (χ1n) is 9.31. The van der Waals surface area contributed by atoms with E-state index in [0.29, 0.717) is 18.0 Å². The molecule has 2 fully saturated rings. The van der Waals surface area contributed by atoms with Crippen LogP contribution in [0.1, 0.15) is 39.5 Å². The van der Waals surface area contributed by atoms with Gasteiger partial charge in [0, 0.05) is 20.0 Å². The van der Waals surface area contributed by atoms with Crippen LogP contribution in [0, 0.1) is 0 Å². The number of carbonyl (C=O) groups excluding carboxylic acids is 2. The molecule has 1 aromatic rings. The van der Waals surface area contributed by atoms with E-state index in [1.165, 1.54) is 0 Å². The molecule has 3 rings (SSSR count). The van der Waals surface area contributed by atoms with Crippen molar-refractivity contribution in [2.24, 2.45) is 0 Å². The van der Waals surface area contributed by atoms with Crippen LogP contribution < -0.4 is 9.47 Å². The van der Waals surface area contributed by atoms with E-state index in [9.17, 15) is 9.59 Å². The summed E-state index contributed by atoms with van der Waals surface area (Å²) in [6, 6.07) is 7.42. The molecular formula is C20H28N2O4. The van der Waals surface area contributed by atoms with Gasteiger partial charge in [-0.1, -0.05) is 12.1 Å². The van der Waals surface area contributed by atoms with Crippen molar-refractivity contribution in [3.05, 3.63) is 24.3 Å². The molecule has 2 aliphatic heterocycles. The number of likely N-dealkylation sites (tertiary alicyclic amines) is 2. The van der Waals surface area contributed by atoms with E-state index >= 15 is 0 Å². The molecule has 26 heavy (non-hydrogen) atoms. The highest BCUT2D eigenvalue weighted by molar-refractivity contribution is 5.79. The second-order valence-electron chi connectivity index (χ2n) is 7.32. The van der Waals surface area contributed by atoms with Gasteiger partial charge < -0.3 is 19.3 Å². The van der Waals surface area contributed by atoms with Gasteiger partial charge >= 0.3 is 0 Å². The van der Waals surface area contributed by atoms with Gasteiger partial charge in [-0.05, 0) is 44.7 Å². The van der Waals surface area contributed by atoms with E-state index in [4.69, 9.17) is 9.47 Å². The lowest BCUT2D eigenvalue weighted by Crippen LogP contribution is -2.68. The van der Waals surface area contributed by atoms with E-state index in [1.54, 1.807) is 20.1 Å². The smallest absolute Gasteiger partial charge is 0.261 e. The predicted octanol–water partition coefficient (Wildman–Crippen LogP) is 2.47. The van der Waals surface area contributed by atoms with Gasteiger partial charge in [0.15, 0.2) is 18.1 Å². The Kier molecular flexibility index (Phi) is 5.39. The third-order valence-electron chi connectivity index (χ3n) is 5.78. The molecule has 6 nitrogen and oxygen atoms in total. The molecule has 6 heteroatoms. The molecule has 0 aromatic heterocycles. The zero-order chi connectivity index (χ0) is 18.7. The Morgan fingerprint density at radius 3 is 2.62 bits per heavy atom. The minimum absolute atomic E-state index is 0.0250. The monoisotopic (exact) mass is 360 g/mol. The summed E-state index contributed by atoms with van der Waals surface area (Å²) in [6.07, 6.45) is 3.70. The van der Waals surface area contributed by atoms with Crippen LogP contribution in [-0.4, -0.2) is 60.0 Å². The van der Waals surface area contributed by atoms with Crippen molar-refractivity contribution in [2.45, 2.75) is 51.1 Å². The van der Waals surface area contributed by atoms with Gasteiger partial charge in [-0.2, -0.15) is 0 Å². The molecule has 2 aliphatic rings. The summed E-state index contributed by atoms with van der Waals surface area (Å²) in [4.78, 5) is 28.9. The number of benzene rings is 1. The summed E-state index contributed by atoms with van der Waals surface area (Å²) < 4.78 is 11.0. The Morgan fingerprint density at radius 2 is 1.92 bits per heavy atom. The van der Waals surface area contributed by atoms with E-state index in [1.807, 2.05) is 28.0 Å². The molecule has 0 aliphatic carbocycles. The van der Waals surface area contributed by atoms with Gasteiger partial charge in [0.1, 0.15) is 0 Å². The van der Waals surface area contributed by atoms with Gasteiger partial charge in [-0.3, -0.25) is 9.59 Å². The first-order chi connectivity index (χ1) is 12.5. The Hall–Kier alpha value is -2.24. The van der Waals surface area contributed by atoms with Crippen LogP contribution >= 0.6 is 0 Å². The number of piperidine rings is 2. The van der Waals surface area contributed by atoms with E-state index in [2.05, 4.69) is 6.92 Å². The van der Waals surface area contributed by atoms with Crippen molar-refractivity contribution in [3.8, 4) is 11.5 Å². The van der Waals surface area contributed by atoms with Crippen molar-refractivity contribution >= 4 is 11.8 Å². The largest absolute Gasteiger partial charge is 0.493 e. The van der Waals surface area contributed by atoms with Gasteiger partial charge in [0.05, 0.1) is 18.7 Å². The zero-order valence-electron chi connectivity index (χ0n) is 15.9. The third-order valence-corrected chi connectivity index (χ3v) is 5.78. The second kappa shape index (κ2) is 7.56. The summed E-state index contributed by atoms with van der Waals surface area (Å²) in [6.45, 7) is 5.22. The number of carbonyl (C=O) groups is 2. The molecule has 0 N–H and O–H groups in total. The van der Waals surface area contributed by atoms with Crippen LogP contribution in [0.25, 0.3) is 0 Å². The summed E-state index contributed by atoms with van der Waals surface area (Å²) in [7, 11) is 1.58. The number of ether oxygens (including phenoxy) is 2. The first-order valence-corrected chi connectivity index (χ1v) is 9.31. The molecule has 0 bridgehead atoms. The number of nitrogens with zero attached hydrogens (tertiary/aromatic N) is 2. The quantitative estimate of drug-likeness (QED) is 0.828. The molecule has 1 aromatic carbocycles. The van der Waals surface area contributed by atoms with Gasteiger partial charge in [0.25, 0.3) is 5.91 Å². The SMILES string of the molecule is COc1ccccc1OCC(=O)N1CCC[C@@H]2N(C(C)=O)CCC[C@@]21C. The van der Waals surface area contributed by atoms with E-state index in [-0.39, 0.29) is 30.0 Å². The van der Waals surface area contributed by atoms with Crippen molar-refractivity contribution in [2.75, 3.05) is 26.8 Å². The van der Waals surface area contributed by atoms with Crippen LogP contribution in [0.5, 0.6) is 11.5 Å². The Bertz CT molecular complexity index is 678. The maximum atomic E-state index is 13.0. The minimum Gasteiger partial charge on any atom is -0.493 e. The molecule has 0 radical (unpaired) electrons. The van der Waals surface area contributed by atoms with Gasteiger partial charge in [-0.25, -0.2) is 0 Å². The van der Waals surface area contributed by atoms with Crippen LogP contribution in [0.4, 0.5) is 0 Å². The summed E-state index contributed by atoms with van der Waals surface area (Å²) in [5, 5.41) is 0. The molecule has 2 amide bonds. The number of rotatable bonds is 4. The zero-order valence-corrected chi connectivity index (χ0v) is 15.9. The fourth-order valence-electron chi connectivity index (χ4n) is 4.49. The maximum absolute atomic E-state index is 13.0. The minimum atomic E-state index is -0.316. The van der Waals surface area contributed by atoms with Crippen molar-refractivity contribution in [3.63, 3.8) is 0 Å². The third kappa shape index (κ3) is 3.37. The molecule has 2 atom stereocenters. The molecular weight excluding hydrogens is 332 g/mol. The molecule has 2 saturated heterocycles. The summed E-state index contributed by atoms with van der Waals surface area (Å²) in [5.41, 5.74) is -0.316. The van der Waals surface area contributed by atoms with Gasteiger partial charge in [-0.15, -0.1) is 0 Å². The lowest BCUT2D eigenvalue weighted by molar-refractivity contribution is -0.156. The number of fused-ring (bicyclic) bond motifs is 1.